The molecule has 3 aromatic rings. The number of likely N-dealkylation sites (tertiary alicyclic amines) is 1. The summed E-state index contributed by atoms with van der Waals surface area (Å²) in [6, 6.07) is 18.3. The van der Waals surface area contributed by atoms with E-state index in [1.165, 1.54) is 6.08 Å². The summed E-state index contributed by atoms with van der Waals surface area (Å²) in [6.07, 6.45) is 3.06. The Balaban J connectivity index is 1.27. The number of nitrogens with zero attached hydrogens (tertiary/aromatic N) is 3. The Labute approximate surface area is 203 Å². The van der Waals surface area contributed by atoms with Gasteiger partial charge in [-0.2, -0.15) is 0 Å². The van der Waals surface area contributed by atoms with Crippen LogP contribution < -0.4 is 20.1 Å². The van der Waals surface area contributed by atoms with Crippen molar-refractivity contribution < 1.29 is 19.1 Å². The summed E-state index contributed by atoms with van der Waals surface area (Å²) < 4.78 is 11.7. The van der Waals surface area contributed by atoms with Gasteiger partial charge in [-0.25, -0.2) is 4.98 Å². The van der Waals surface area contributed by atoms with Crippen molar-refractivity contribution in [1.29, 1.82) is 0 Å². The SMILES string of the molecule is C=CC(=O)N1CC2CN(c3cnc(Oc4ccc(Oc5ccccc5)cc4)c(C(N)=O)c3)CC2C1. The molecule has 2 atom stereocenters. The van der Waals surface area contributed by atoms with Crippen LogP contribution in [0.25, 0.3) is 0 Å². The number of ether oxygens (including phenoxy) is 2. The zero-order chi connectivity index (χ0) is 24.4. The zero-order valence-corrected chi connectivity index (χ0v) is 19.2. The Bertz CT molecular complexity index is 1230. The summed E-state index contributed by atoms with van der Waals surface area (Å²) in [5.41, 5.74) is 6.68. The van der Waals surface area contributed by atoms with Gasteiger partial charge in [0, 0.05) is 38.0 Å². The number of hydrogen-bond donors (Lipinski definition) is 1. The van der Waals surface area contributed by atoms with Crippen molar-refractivity contribution in [2.45, 2.75) is 0 Å². The minimum atomic E-state index is -0.611. The molecule has 2 aliphatic rings. The number of anilines is 1. The molecule has 2 fully saturated rings. The van der Waals surface area contributed by atoms with Crippen molar-refractivity contribution in [2.24, 2.45) is 17.6 Å². The van der Waals surface area contributed by atoms with Crippen LogP contribution in [0.3, 0.4) is 0 Å². The Hall–Kier alpha value is -4.33. The van der Waals surface area contributed by atoms with Gasteiger partial charge in [0.25, 0.3) is 5.91 Å². The fraction of sp³-hybridized carbons (Fsp3) is 0.222. The number of pyridine rings is 1. The zero-order valence-electron chi connectivity index (χ0n) is 19.2. The molecule has 0 saturated carbocycles. The number of carbonyl (C=O) groups excluding carboxylic acids is 2. The third kappa shape index (κ3) is 4.82. The second-order valence-corrected chi connectivity index (χ2v) is 8.77. The average molecular weight is 471 g/mol. The molecule has 0 spiro atoms. The van der Waals surface area contributed by atoms with Gasteiger partial charge >= 0.3 is 0 Å². The monoisotopic (exact) mass is 470 g/mol. The van der Waals surface area contributed by atoms with E-state index in [-0.39, 0.29) is 17.4 Å². The predicted molar refractivity (Wildman–Crippen MR) is 132 cm³/mol. The largest absolute Gasteiger partial charge is 0.457 e. The van der Waals surface area contributed by atoms with Gasteiger partial charge in [0.15, 0.2) is 0 Å². The van der Waals surface area contributed by atoms with Gasteiger partial charge in [0.1, 0.15) is 22.8 Å². The third-order valence-corrected chi connectivity index (χ3v) is 6.46. The smallest absolute Gasteiger partial charge is 0.254 e. The maximum Gasteiger partial charge on any atom is 0.254 e. The number of benzene rings is 2. The number of nitrogens with two attached hydrogens (primary N) is 1. The van der Waals surface area contributed by atoms with Crippen LogP contribution in [0.1, 0.15) is 10.4 Å². The first-order valence-corrected chi connectivity index (χ1v) is 11.5. The number of para-hydroxylation sites is 1. The number of fused-ring (bicyclic) bond motifs is 1. The fourth-order valence-electron chi connectivity index (χ4n) is 4.70. The molecule has 0 radical (unpaired) electrons. The van der Waals surface area contributed by atoms with Gasteiger partial charge in [0.2, 0.25) is 11.8 Å². The summed E-state index contributed by atoms with van der Waals surface area (Å²) in [5, 5.41) is 0. The van der Waals surface area contributed by atoms with E-state index in [1.807, 2.05) is 35.2 Å². The molecule has 1 aromatic heterocycles. The Kier molecular flexibility index (Phi) is 6.10. The number of rotatable bonds is 7. The van der Waals surface area contributed by atoms with Gasteiger partial charge in [-0.3, -0.25) is 9.59 Å². The summed E-state index contributed by atoms with van der Waals surface area (Å²) >= 11 is 0. The van der Waals surface area contributed by atoms with Crippen LogP contribution in [0.2, 0.25) is 0 Å². The van der Waals surface area contributed by atoms with E-state index >= 15 is 0 Å². The standard InChI is InChI=1S/C27H26N4O4/c1-2-25(32)31-16-18-14-30(15-19(18)17-31)20-12-24(26(28)33)27(29-13-20)35-23-10-8-22(9-11-23)34-21-6-4-3-5-7-21/h2-13,18-19H,1,14-17H2,(H2,28,33). The molecule has 0 bridgehead atoms. The van der Waals surface area contributed by atoms with E-state index in [2.05, 4.69) is 16.5 Å². The average Bonchev–Trinajstić information content (AvgIpc) is 3.45. The number of amides is 2. The maximum absolute atomic E-state index is 12.2. The first kappa shape index (κ1) is 22.5. The molecule has 8 heteroatoms. The lowest BCUT2D eigenvalue weighted by Gasteiger charge is -2.23. The Morgan fingerprint density at radius 3 is 2.11 bits per heavy atom. The van der Waals surface area contributed by atoms with E-state index < -0.39 is 5.91 Å². The number of hydrogen-bond acceptors (Lipinski definition) is 6. The maximum atomic E-state index is 12.2. The van der Waals surface area contributed by atoms with Crippen LogP contribution in [0.15, 0.2) is 79.5 Å². The third-order valence-electron chi connectivity index (χ3n) is 6.46. The molecule has 2 N–H and O–H groups in total. The van der Waals surface area contributed by atoms with Crippen molar-refractivity contribution in [2.75, 3.05) is 31.1 Å². The highest BCUT2D eigenvalue weighted by molar-refractivity contribution is 5.96. The van der Waals surface area contributed by atoms with Crippen LogP contribution in [-0.4, -0.2) is 47.9 Å². The highest BCUT2D eigenvalue weighted by Crippen LogP contribution is 2.35. The molecule has 2 aliphatic heterocycles. The molecule has 35 heavy (non-hydrogen) atoms. The van der Waals surface area contributed by atoms with Crippen molar-refractivity contribution in [3.05, 3.63) is 85.1 Å². The normalized spacial score (nSPS) is 18.7. The van der Waals surface area contributed by atoms with Crippen LogP contribution >= 0.6 is 0 Å². The summed E-state index contributed by atoms with van der Waals surface area (Å²) in [4.78, 5) is 32.5. The van der Waals surface area contributed by atoms with E-state index in [4.69, 9.17) is 15.2 Å². The van der Waals surface area contributed by atoms with E-state index in [0.717, 1.165) is 24.5 Å². The summed E-state index contributed by atoms with van der Waals surface area (Å²) in [7, 11) is 0. The summed E-state index contributed by atoms with van der Waals surface area (Å²) in [5.74, 6) is 2.18. The lowest BCUT2D eigenvalue weighted by molar-refractivity contribution is -0.125. The molecule has 2 aromatic carbocycles. The molecule has 178 valence electrons. The van der Waals surface area contributed by atoms with Gasteiger partial charge in [-0.15, -0.1) is 0 Å². The van der Waals surface area contributed by atoms with Gasteiger partial charge < -0.3 is 25.0 Å². The molecule has 0 aliphatic carbocycles. The first-order valence-electron chi connectivity index (χ1n) is 11.5. The highest BCUT2D eigenvalue weighted by Gasteiger charge is 2.41. The van der Waals surface area contributed by atoms with Crippen molar-refractivity contribution in [3.63, 3.8) is 0 Å². The van der Waals surface area contributed by atoms with Crippen LogP contribution in [0.4, 0.5) is 5.69 Å². The molecule has 2 amide bonds. The Morgan fingerprint density at radius 1 is 0.914 bits per heavy atom. The topological polar surface area (TPSA) is 98.0 Å². The Morgan fingerprint density at radius 2 is 1.51 bits per heavy atom. The summed E-state index contributed by atoms with van der Waals surface area (Å²) in [6.45, 7) is 6.58. The number of carbonyl (C=O) groups is 2. The minimum absolute atomic E-state index is 0.0233. The quantitative estimate of drug-likeness (QED) is 0.527. The molecule has 3 heterocycles. The lowest BCUT2D eigenvalue weighted by atomic mass is 10.0. The van der Waals surface area contributed by atoms with E-state index in [9.17, 15) is 9.59 Å². The van der Waals surface area contributed by atoms with Crippen molar-refractivity contribution >= 4 is 17.5 Å². The molecule has 2 saturated heterocycles. The first-order chi connectivity index (χ1) is 17.0. The lowest BCUT2D eigenvalue weighted by Crippen LogP contribution is -2.32. The van der Waals surface area contributed by atoms with Gasteiger partial charge in [-0.1, -0.05) is 24.8 Å². The molecule has 2 unspecified atom stereocenters. The van der Waals surface area contributed by atoms with Crippen LogP contribution in [-0.2, 0) is 4.79 Å². The number of aromatic nitrogens is 1. The van der Waals surface area contributed by atoms with Gasteiger partial charge in [-0.05, 0) is 48.5 Å². The molecular formula is C27H26N4O4. The second-order valence-electron chi connectivity index (χ2n) is 8.77. The fourth-order valence-corrected chi connectivity index (χ4v) is 4.70. The van der Waals surface area contributed by atoms with Crippen molar-refractivity contribution in [3.8, 4) is 23.1 Å². The van der Waals surface area contributed by atoms with Crippen LogP contribution in [0, 0.1) is 11.8 Å². The molecule has 8 nitrogen and oxygen atoms in total. The van der Waals surface area contributed by atoms with Gasteiger partial charge in [0.05, 0.1) is 11.9 Å². The van der Waals surface area contributed by atoms with Crippen LogP contribution in [0.5, 0.6) is 23.1 Å². The molecule has 5 rings (SSSR count). The van der Waals surface area contributed by atoms with Crippen molar-refractivity contribution in [1.82, 2.24) is 9.88 Å². The highest BCUT2D eigenvalue weighted by atomic mass is 16.5. The predicted octanol–water partition coefficient (Wildman–Crippen LogP) is 3.85. The molecular weight excluding hydrogens is 444 g/mol. The number of primary amides is 1. The van der Waals surface area contributed by atoms with E-state index in [0.29, 0.717) is 36.4 Å². The minimum Gasteiger partial charge on any atom is -0.457 e. The van der Waals surface area contributed by atoms with E-state index in [1.54, 1.807) is 36.5 Å². The second kappa shape index (κ2) is 9.50.